The van der Waals surface area contributed by atoms with E-state index in [2.05, 4.69) is 48.7 Å². The van der Waals surface area contributed by atoms with Crippen LogP contribution < -0.4 is 15.5 Å². The Hall–Kier alpha value is -3.52. The van der Waals surface area contributed by atoms with Gasteiger partial charge in [0.15, 0.2) is 0 Å². The molecule has 7 heteroatoms. The van der Waals surface area contributed by atoms with Crippen LogP contribution in [0.4, 0.5) is 5.69 Å². The van der Waals surface area contributed by atoms with Gasteiger partial charge < -0.3 is 10.2 Å². The van der Waals surface area contributed by atoms with Crippen molar-refractivity contribution >= 4 is 17.5 Å². The summed E-state index contributed by atoms with van der Waals surface area (Å²) in [4.78, 5) is 28.2. The van der Waals surface area contributed by atoms with Crippen molar-refractivity contribution in [1.82, 2.24) is 20.7 Å². The first-order valence-electron chi connectivity index (χ1n) is 12.9. The number of carbonyl (C=O) groups excluding carboxylic acids is 2. The van der Waals surface area contributed by atoms with Crippen LogP contribution >= 0.6 is 0 Å². The lowest BCUT2D eigenvalue weighted by atomic mass is 10.0. The summed E-state index contributed by atoms with van der Waals surface area (Å²) in [6, 6.07) is 26.6. The van der Waals surface area contributed by atoms with Crippen LogP contribution in [0, 0.1) is 0 Å². The third kappa shape index (κ3) is 6.83. The van der Waals surface area contributed by atoms with Gasteiger partial charge in [0.2, 0.25) is 5.91 Å². The molecule has 2 amide bonds. The number of hydrogen-bond donors (Lipinski definition) is 2. The Balaban J connectivity index is 1.40. The topological polar surface area (TPSA) is 67.9 Å². The Kier molecular flexibility index (Phi) is 9.06. The number of para-hydroxylation sites is 1. The predicted octanol–water partition coefficient (Wildman–Crippen LogP) is 3.66. The number of hydrogen-bond acceptors (Lipinski definition) is 5. The first kappa shape index (κ1) is 26.5. The zero-order valence-electron chi connectivity index (χ0n) is 22.0. The third-order valence-electron chi connectivity index (χ3n) is 6.63. The second-order valence-electron chi connectivity index (χ2n) is 9.65. The lowest BCUT2D eigenvalue weighted by Gasteiger charge is -2.28. The molecule has 1 aliphatic heterocycles. The summed E-state index contributed by atoms with van der Waals surface area (Å²) in [5, 5.41) is 10.2. The van der Waals surface area contributed by atoms with E-state index in [1.807, 2.05) is 64.5 Å². The fourth-order valence-corrected chi connectivity index (χ4v) is 4.59. The molecule has 0 radical (unpaired) electrons. The van der Waals surface area contributed by atoms with Crippen LogP contribution in [-0.4, -0.2) is 61.1 Å². The highest BCUT2D eigenvalue weighted by Crippen LogP contribution is 2.30. The molecule has 0 fully saturated rings. The van der Waals surface area contributed by atoms with E-state index in [4.69, 9.17) is 0 Å². The second kappa shape index (κ2) is 12.6. The van der Waals surface area contributed by atoms with E-state index < -0.39 is 0 Å². The molecule has 2 N–H and O–H groups in total. The number of nitrogens with zero attached hydrogens (tertiary/aromatic N) is 3. The first-order chi connectivity index (χ1) is 17.9. The van der Waals surface area contributed by atoms with Crippen molar-refractivity contribution in [2.24, 2.45) is 0 Å². The van der Waals surface area contributed by atoms with Gasteiger partial charge >= 0.3 is 0 Å². The van der Waals surface area contributed by atoms with Gasteiger partial charge in [0.25, 0.3) is 5.91 Å². The van der Waals surface area contributed by atoms with Gasteiger partial charge in [0.1, 0.15) is 0 Å². The number of amides is 2. The van der Waals surface area contributed by atoms with Gasteiger partial charge in [0.05, 0.1) is 18.8 Å². The predicted molar refractivity (Wildman–Crippen MR) is 149 cm³/mol. The van der Waals surface area contributed by atoms with E-state index in [1.165, 1.54) is 11.1 Å². The van der Waals surface area contributed by atoms with Crippen LogP contribution in [0.1, 0.15) is 25.0 Å². The smallest absolute Gasteiger partial charge is 0.250 e. The van der Waals surface area contributed by atoms with E-state index in [0.717, 1.165) is 16.8 Å². The molecular formula is C30H37N5O2. The van der Waals surface area contributed by atoms with Gasteiger partial charge in [-0.1, -0.05) is 86.6 Å². The van der Waals surface area contributed by atoms with Crippen molar-refractivity contribution < 1.29 is 9.59 Å². The quantitative estimate of drug-likeness (QED) is 0.422. The fraction of sp³-hybridized carbons (Fsp3) is 0.333. The zero-order valence-corrected chi connectivity index (χ0v) is 22.0. The summed E-state index contributed by atoms with van der Waals surface area (Å²) in [5.41, 5.74) is 5.42. The summed E-state index contributed by atoms with van der Waals surface area (Å²) in [7, 11) is 1.79. The zero-order chi connectivity index (χ0) is 26.2. The minimum absolute atomic E-state index is 0.0710. The first-order valence-corrected chi connectivity index (χ1v) is 12.9. The van der Waals surface area contributed by atoms with Crippen molar-refractivity contribution in [3.05, 3.63) is 90.0 Å². The van der Waals surface area contributed by atoms with E-state index in [0.29, 0.717) is 32.2 Å². The molecule has 0 saturated carbocycles. The number of carbonyl (C=O) groups is 2. The maximum Gasteiger partial charge on any atom is 0.250 e. The van der Waals surface area contributed by atoms with E-state index in [1.54, 1.807) is 12.1 Å². The lowest BCUT2D eigenvalue weighted by Crippen LogP contribution is -2.47. The average molecular weight is 500 g/mol. The van der Waals surface area contributed by atoms with Crippen molar-refractivity contribution in [1.29, 1.82) is 0 Å². The number of benzene rings is 3. The summed E-state index contributed by atoms with van der Waals surface area (Å²) in [5.74, 6) is -0.142. The summed E-state index contributed by atoms with van der Waals surface area (Å²) >= 11 is 0. The molecule has 4 rings (SSSR count). The SMILES string of the molecule is CC(C)NCCN(C(=O)CNCC(=O)N(C)N1Cc2ccccc2C1)c1ccccc1-c1ccccc1. The van der Waals surface area contributed by atoms with Gasteiger partial charge in [-0.25, -0.2) is 5.01 Å². The number of anilines is 1. The van der Waals surface area contributed by atoms with Gasteiger partial charge in [0, 0.05) is 44.8 Å². The average Bonchev–Trinajstić information content (AvgIpc) is 3.35. The van der Waals surface area contributed by atoms with Gasteiger partial charge in [-0.2, -0.15) is 0 Å². The molecule has 0 bridgehead atoms. The van der Waals surface area contributed by atoms with E-state index >= 15 is 0 Å². The minimum atomic E-state index is -0.0713. The van der Waals surface area contributed by atoms with Crippen molar-refractivity contribution in [2.45, 2.75) is 33.0 Å². The van der Waals surface area contributed by atoms with Crippen LogP contribution in [-0.2, 0) is 22.7 Å². The number of rotatable bonds is 11. The molecular weight excluding hydrogens is 462 g/mol. The van der Waals surface area contributed by atoms with Crippen molar-refractivity contribution in [2.75, 3.05) is 38.1 Å². The summed E-state index contributed by atoms with van der Waals surface area (Å²) < 4.78 is 0. The molecule has 0 aromatic heterocycles. The fourth-order valence-electron chi connectivity index (χ4n) is 4.59. The highest BCUT2D eigenvalue weighted by atomic mass is 16.2. The lowest BCUT2D eigenvalue weighted by molar-refractivity contribution is -0.145. The molecule has 7 nitrogen and oxygen atoms in total. The normalized spacial score (nSPS) is 13.0. The Labute approximate surface area is 220 Å². The van der Waals surface area contributed by atoms with Crippen LogP contribution in [0.2, 0.25) is 0 Å². The van der Waals surface area contributed by atoms with Crippen LogP contribution in [0.25, 0.3) is 11.1 Å². The maximum atomic E-state index is 13.5. The Bertz CT molecular complexity index is 1170. The maximum absolute atomic E-state index is 13.5. The van der Waals surface area contributed by atoms with Crippen LogP contribution in [0.15, 0.2) is 78.9 Å². The number of hydrazine groups is 1. The molecule has 0 aliphatic carbocycles. The molecule has 0 saturated heterocycles. The molecule has 1 heterocycles. The molecule has 1 aliphatic rings. The van der Waals surface area contributed by atoms with Crippen LogP contribution in [0.3, 0.4) is 0 Å². The third-order valence-corrected chi connectivity index (χ3v) is 6.63. The molecule has 37 heavy (non-hydrogen) atoms. The van der Waals surface area contributed by atoms with Crippen molar-refractivity contribution in [3.63, 3.8) is 0 Å². The second-order valence-corrected chi connectivity index (χ2v) is 9.65. The summed E-state index contributed by atoms with van der Waals surface area (Å²) in [6.07, 6.45) is 0. The molecule has 3 aromatic carbocycles. The Morgan fingerprint density at radius 3 is 2.11 bits per heavy atom. The van der Waals surface area contributed by atoms with E-state index in [9.17, 15) is 9.59 Å². The van der Waals surface area contributed by atoms with Gasteiger partial charge in [-0.05, 0) is 22.8 Å². The highest BCUT2D eigenvalue weighted by Gasteiger charge is 2.25. The molecule has 0 unspecified atom stereocenters. The molecule has 194 valence electrons. The number of nitrogens with one attached hydrogen (secondary N) is 2. The number of fused-ring (bicyclic) bond motifs is 1. The Morgan fingerprint density at radius 2 is 1.43 bits per heavy atom. The molecule has 3 aromatic rings. The van der Waals surface area contributed by atoms with Crippen molar-refractivity contribution in [3.8, 4) is 11.1 Å². The van der Waals surface area contributed by atoms with Gasteiger partial charge in [-0.3, -0.25) is 19.9 Å². The molecule has 0 spiro atoms. The van der Waals surface area contributed by atoms with E-state index in [-0.39, 0.29) is 24.9 Å². The minimum Gasteiger partial charge on any atom is -0.313 e. The van der Waals surface area contributed by atoms with Crippen LogP contribution in [0.5, 0.6) is 0 Å². The summed E-state index contributed by atoms with van der Waals surface area (Å²) in [6.45, 7) is 6.97. The molecule has 0 atom stereocenters. The Morgan fingerprint density at radius 1 is 0.838 bits per heavy atom. The highest BCUT2D eigenvalue weighted by molar-refractivity contribution is 5.99. The standard InChI is InChI=1S/C30H37N5O2/c1-23(2)32-17-18-35(28-16-10-9-15-27(28)24-11-5-4-6-12-24)30(37)20-31-19-29(36)33(3)34-21-25-13-7-8-14-26(25)22-34/h4-16,23,31-32H,17-22H2,1-3H3. The monoisotopic (exact) mass is 499 g/mol. The number of likely N-dealkylation sites (N-methyl/N-ethyl adjacent to an activating group) is 1. The van der Waals surface area contributed by atoms with Gasteiger partial charge in [-0.15, -0.1) is 0 Å². The largest absolute Gasteiger partial charge is 0.313 e.